The third-order valence-electron chi connectivity index (χ3n) is 1.53. The van der Waals surface area contributed by atoms with Gasteiger partial charge in [0.2, 0.25) is 0 Å². The van der Waals surface area contributed by atoms with Gasteiger partial charge in [0.15, 0.2) is 5.13 Å². The average molecular weight is 180 g/mol. The molecule has 4 nitrogen and oxygen atoms in total. The molecule has 0 atom stereocenters. The van der Waals surface area contributed by atoms with Gasteiger partial charge in [-0.25, -0.2) is 9.97 Å². The lowest BCUT2D eigenvalue weighted by molar-refractivity contribution is 0.862. The summed E-state index contributed by atoms with van der Waals surface area (Å²) in [5.74, 6) is 0.838. The van der Waals surface area contributed by atoms with Crippen molar-refractivity contribution in [3.8, 4) is 5.13 Å². The van der Waals surface area contributed by atoms with Crippen LogP contribution in [0.3, 0.4) is 0 Å². The fraction of sp³-hybridized carbons (Fsp3) is 0.143. The molecule has 0 aliphatic carbocycles. The molecule has 0 saturated heterocycles. The highest BCUT2D eigenvalue weighted by atomic mass is 32.1. The van der Waals surface area contributed by atoms with Crippen molar-refractivity contribution >= 4 is 11.3 Å². The third-order valence-corrected chi connectivity index (χ3v) is 2.30. The quantitative estimate of drug-likeness (QED) is 0.743. The van der Waals surface area contributed by atoms with Crippen LogP contribution < -0.4 is 5.73 Å². The number of imidazole rings is 1. The van der Waals surface area contributed by atoms with E-state index in [2.05, 4.69) is 9.97 Å². The fourth-order valence-electron chi connectivity index (χ4n) is 0.994. The minimum atomic E-state index is 0.437. The van der Waals surface area contributed by atoms with Crippen LogP contribution in [-0.4, -0.2) is 14.5 Å². The van der Waals surface area contributed by atoms with Gasteiger partial charge in [0.1, 0.15) is 5.82 Å². The molecule has 0 unspecified atom stereocenters. The number of nitrogens with two attached hydrogens (primary N) is 1. The predicted molar refractivity (Wildman–Crippen MR) is 47.1 cm³/mol. The molecule has 0 saturated carbocycles. The molecule has 62 valence electrons. The van der Waals surface area contributed by atoms with Gasteiger partial charge in [-0.1, -0.05) is 0 Å². The zero-order chi connectivity index (χ0) is 8.39. The Morgan fingerprint density at radius 2 is 2.33 bits per heavy atom. The Kier molecular flexibility index (Phi) is 1.89. The number of hydrogen-bond acceptors (Lipinski definition) is 4. The maximum atomic E-state index is 5.49. The van der Waals surface area contributed by atoms with Crippen LogP contribution in [0, 0.1) is 0 Å². The van der Waals surface area contributed by atoms with Crippen molar-refractivity contribution in [3.05, 3.63) is 29.8 Å². The summed E-state index contributed by atoms with van der Waals surface area (Å²) >= 11 is 1.57. The van der Waals surface area contributed by atoms with Crippen molar-refractivity contribution < 1.29 is 0 Å². The van der Waals surface area contributed by atoms with E-state index in [1.807, 2.05) is 16.1 Å². The van der Waals surface area contributed by atoms with E-state index in [1.54, 1.807) is 23.7 Å². The van der Waals surface area contributed by atoms with Gasteiger partial charge in [-0.2, -0.15) is 0 Å². The summed E-state index contributed by atoms with van der Waals surface area (Å²) in [6.07, 6.45) is 5.35. The maximum Gasteiger partial charge on any atom is 0.194 e. The van der Waals surface area contributed by atoms with E-state index in [0.717, 1.165) is 11.0 Å². The molecule has 0 aliphatic heterocycles. The van der Waals surface area contributed by atoms with Crippen LogP contribution >= 0.6 is 11.3 Å². The number of thiazole rings is 1. The van der Waals surface area contributed by atoms with Crippen molar-refractivity contribution in [1.82, 2.24) is 14.5 Å². The Morgan fingerprint density at radius 1 is 1.42 bits per heavy atom. The molecule has 0 aromatic carbocycles. The summed E-state index contributed by atoms with van der Waals surface area (Å²) in [7, 11) is 0. The molecule has 2 N–H and O–H groups in total. The largest absolute Gasteiger partial charge is 0.324 e. The van der Waals surface area contributed by atoms with Gasteiger partial charge >= 0.3 is 0 Å². The van der Waals surface area contributed by atoms with Gasteiger partial charge in [0, 0.05) is 24.0 Å². The van der Waals surface area contributed by atoms with Crippen molar-refractivity contribution in [3.63, 3.8) is 0 Å². The highest BCUT2D eigenvalue weighted by Gasteiger charge is 2.03. The summed E-state index contributed by atoms with van der Waals surface area (Å²) in [6.45, 7) is 0.437. The van der Waals surface area contributed by atoms with E-state index in [-0.39, 0.29) is 0 Å². The molecule has 0 radical (unpaired) electrons. The van der Waals surface area contributed by atoms with Crippen LogP contribution in [-0.2, 0) is 6.54 Å². The fourth-order valence-corrected chi connectivity index (χ4v) is 1.64. The summed E-state index contributed by atoms with van der Waals surface area (Å²) in [4.78, 5) is 8.25. The first-order chi connectivity index (χ1) is 5.92. The standard InChI is InChI=1S/C7H8N4S/c8-5-6-9-1-3-11(6)7-10-2-4-12-7/h1-4H,5,8H2. The van der Waals surface area contributed by atoms with Crippen LogP contribution in [0.25, 0.3) is 5.13 Å². The molecule has 0 aliphatic rings. The first-order valence-electron chi connectivity index (χ1n) is 3.54. The first kappa shape index (κ1) is 7.45. The summed E-state index contributed by atoms with van der Waals surface area (Å²) < 4.78 is 1.89. The second-order valence-electron chi connectivity index (χ2n) is 2.23. The maximum absolute atomic E-state index is 5.49. The Hall–Kier alpha value is -1.20. The number of hydrogen-bond donors (Lipinski definition) is 1. The van der Waals surface area contributed by atoms with E-state index in [4.69, 9.17) is 5.73 Å². The first-order valence-corrected chi connectivity index (χ1v) is 4.42. The number of nitrogens with zero attached hydrogens (tertiary/aromatic N) is 3. The molecule has 0 bridgehead atoms. The van der Waals surface area contributed by atoms with E-state index < -0.39 is 0 Å². The smallest absolute Gasteiger partial charge is 0.194 e. The second kappa shape index (κ2) is 3.04. The van der Waals surface area contributed by atoms with E-state index in [0.29, 0.717) is 6.54 Å². The van der Waals surface area contributed by atoms with Crippen molar-refractivity contribution in [1.29, 1.82) is 0 Å². The number of aromatic nitrogens is 3. The molecule has 5 heteroatoms. The molecule has 2 rings (SSSR count). The predicted octanol–water partition coefficient (Wildman–Crippen LogP) is 0.787. The monoisotopic (exact) mass is 180 g/mol. The Labute approximate surface area is 73.7 Å². The Balaban J connectivity index is 2.46. The molecule has 0 amide bonds. The van der Waals surface area contributed by atoms with E-state index in [9.17, 15) is 0 Å². The Bertz CT molecular complexity index is 351. The molecular weight excluding hydrogens is 172 g/mol. The van der Waals surface area contributed by atoms with Crippen molar-refractivity contribution in [2.45, 2.75) is 6.54 Å². The zero-order valence-corrected chi connectivity index (χ0v) is 7.16. The summed E-state index contributed by atoms with van der Waals surface area (Å²) in [5.41, 5.74) is 5.49. The summed E-state index contributed by atoms with van der Waals surface area (Å²) in [5, 5.41) is 2.84. The lowest BCUT2D eigenvalue weighted by Crippen LogP contribution is -2.05. The number of rotatable bonds is 2. The van der Waals surface area contributed by atoms with Crippen LogP contribution in [0.1, 0.15) is 5.82 Å². The highest BCUT2D eigenvalue weighted by molar-refractivity contribution is 7.12. The molecular formula is C7H8N4S. The summed E-state index contributed by atoms with van der Waals surface area (Å²) in [6, 6.07) is 0. The van der Waals surface area contributed by atoms with Gasteiger partial charge in [-0.15, -0.1) is 11.3 Å². The normalized spacial score (nSPS) is 10.4. The van der Waals surface area contributed by atoms with E-state index >= 15 is 0 Å². The SMILES string of the molecule is NCc1nccn1-c1nccs1. The van der Waals surface area contributed by atoms with Gasteiger partial charge in [0.25, 0.3) is 0 Å². The molecule has 0 fully saturated rings. The topological polar surface area (TPSA) is 56.7 Å². The van der Waals surface area contributed by atoms with Crippen LogP contribution in [0.2, 0.25) is 0 Å². The average Bonchev–Trinajstić information content (AvgIpc) is 2.74. The molecule has 0 spiro atoms. The van der Waals surface area contributed by atoms with Gasteiger partial charge < -0.3 is 5.73 Å². The molecule has 12 heavy (non-hydrogen) atoms. The van der Waals surface area contributed by atoms with Crippen molar-refractivity contribution in [2.24, 2.45) is 5.73 Å². The van der Waals surface area contributed by atoms with Gasteiger partial charge in [-0.05, 0) is 0 Å². The molecule has 2 aromatic rings. The third kappa shape index (κ3) is 1.13. The second-order valence-corrected chi connectivity index (χ2v) is 3.11. The van der Waals surface area contributed by atoms with Gasteiger partial charge in [0.05, 0.1) is 6.54 Å². The van der Waals surface area contributed by atoms with Crippen LogP contribution in [0.5, 0.6) is 0 Å². The minimum absolute atomic E-state index is 0.437. The lowest BCUT2D eigenvalue weighted by Gasteiger charge is -1.99. The minimum Gasteiger partial charge on any atom is -0.324 e. The zero-order valence-electron chi connectivity index (χ0n) is 6.34. The Morgan fingerprint density at radius 3 is 3.00 bits per heavy atom. The van der Waals surface area contributed by atoms with Crippen molar-refractivity contribution in [2.75, 3.05) is 0 Å². The lowest BCUT2D eigenvalue weighted by atomic mass is 10.6. The van der Waals surface area contributed by atoms with Crippen LogP contribution in [0.15, 0.2) is 24.0 Å². The van der Waals surface area contributed by atoms with Crippen LogP contribution in [0.4, 0.5) is 0 Å². The van der Waals surface area contributed by atoms with Gasteiger partial charge in [-0.3, -0.25) is 4.57 Å². The molecule has 2 heterocycles. The van der Waals surface area contributed by atoms with E-state index in [1.165, 1.54) is 0 Å². The highest BCUT2D eigenvalue weighted by Crippen LogP contribution is 2.12. The molecule has 2 aromatic heterocycles.